The quantitative estimate of drug-likeness (QED) is 0.858. The first-order chi connectivity index (χ1) is 10.4. The van der Waals surface area contributed by atoms with Crippen LogP contribution >= 0.6 is 11.3 Å². The molecule has 1 aromatic carbocycles. The first-order valence-electron chi connectivity index (χ1n) is 7.27. The topological polar surface area (TPSA) is 75.1 Å². The third-order valence-corrected chi connectivity index (χ3v) is 4.06. The van der Waals surface area contributed by atoms with Crippen molar-refractivity contribution in [1.82, 2.24) is 10.2 Å². The summed E-state index contributed by atoms with van der Waals surface area (Å²) >= 11 is 1.38. The van der Waals surface area contributed by atoms with E-state index >= 15 is 0 Å². The zero-order chi connectivity index (χ0) is 16.2. The lowest BCUT2D eigenvalue weighted by Gasteiger charge is -2.22. The minimum absolute atomic E-state index is 0.0316. The number of anilines is 1. The average Bonchev–Trinajstić information content (AvgIpc) is 2.85. The zero-order valence-electron chi connectivity index (χ0n) is 13.0. The number of carbonyl (C=O) groups is 1. The van der Waals surface area contributed by atoms with Crippen LogP contribution < -0.4 is 5.32 Å². The molecule has 1 atom stereocenters. The number of rotatable bonds is 6. The van der Waals surface area contributed by atoms with Crippen LogP contribution in [0, 0.1) is 5.92 Å². The number of benzene rings is 1. The molecule has 2 rings (SSSR count). The van der Waals surface area contributed by atoms with Gasteiger partial charge >= 0.3 is 0 Å². The molecule has 0 spiro atoms. The van der Waals surface area contributed by atoms with E-state index in [1.807, 2.05) is 18.2 Å². The molecule has 0 aliphatic heterocycles. The summed E-state index contributed by atoms with van der Waals surface area (Å²) in [5.74, 6) is 0.219. The molecule has 6 heteroatoms. The third-order valence-electron chi connectivity index (χ3n) is 3.20. The van der Waals surface area contributed by atoms with Crippen LogP contribution in [0.3, 0.4) is 0 Å². The molecule has 1 unspecified atom stereocenters. The van der Waals surface area contributed by atoms with Crippen molar-refractivity contribution in [1.29, 1.82) is 0 Å². The minimum atomic E-state index is -1.21. The van der Waals surface area contributed by atoms with Crippen LogP contribution in [0.5, 0.6) is 0 Å². The molecule has 1 aromatic heterocycles. The van der Waals surface area contributed by atoms with E-state index in [1.54, 1.807) is 19.1 Å². The van der Waals surface area contributed by atoms with Crippen LogP contribution in [-0.2, 0) is 16.8 Å². The molecule has 22 heavy (non-hydrogen) atoms. The standard InChI is InChI=1S/C16H21N3O2S/c1-11(2)9-14-18-19-15(22-14)17-13(20)10-16(3,21)12-7-5-4-6-8-12/h4-8,11,21H,9-10H2,1-3H3,(H,17,19,20). The largest absolute Gasteiger partial charge is 0.385 e. The predicted molar refractivity (Wildman–Crippen MR) is 87.7 cm³/mol. The van der Waals surface area contributed by atoms with Gasteiger partial charge in [0.15, 0.2) is 0 Å². The van der Waals surface area contributed by atoms with E-state index in [9.17, 15) is 9.90 Å². The fraction of sp³-hybridized carbons (Fsp3) is 0.438. The van der Waals surface area contributed by atoms with Gasteiger partial charge in [0, 0.05) is 6.42 Å². The number of amides is 1. The second-order valence-electron chi connectivity index (χ2n) is 5.96. The Labute approximate surface area is 134 Å². The number of aliphatic hydroxyl groups is 1. The summed E-state index contributed by atoms with van der Waals surface area (Å²) in [7, 11) is 0. The molecule has 2 aromatic rings. The van der Waals surface area contributed by atoms with Crippen LogP contribution in [-0.4, -0.2) is 21.2 Å². The molecule has 5 nitrogen and oxygen atoms in total. The Morgan fingerprint density at radius 3 is 2.64 bits per heavy atom. The molecule has 0 bridgehead atoms. The average molecular weight is 319 g/mol. The summed E-state index contributed by atoms with van der Waals surface area (Å²) < 4.78 is 0. The minimum Gasteiger partial charge on any atom is -0.385 e. The molecule has 0 saturated heterocycles. The Balaban J connectivity index is 1.96. The van der Waals surface area contributed by atoms with Crippen molar-refractivity contribution in [3.05, 3.63) is 40.9 Å². The highest BCUT2D eigenvalue weighted by Crippen LogP contribution is 2.25. The Morgan fingerprint density at radius 2 is 2.00 bits per heavy atom. The van der Waals surface area contributed by atoms with E-state index in [2.05, 4.69) is 29.4 Å². The Bertz CT molecular complexity index is 623. The van der Waals surface area contributed by atoms with Gasteiger partial charge in [0.25, 0.3) is 0 Å². The lowest BCUT2D eigenvalue weighted by atomic mass is 9.92. The fourth-order valence-corrected chi connectivity index (χ4v) is 3.08. The van der Waals surface area contributed by atoms with E-state index in [-0.39, 0.29) is 12.3 Å². The van der Waals surface area contributed by atoms with Crippen molar-refractivity contribution in [2.75, 3.05) is 5.32 Å². The molecule has 118 valence electrons. The lowest BCUT2D eigenvalue weighted by Crippen LogP contribution is -2.28. The van der Waals surface area contributed by atoms with Gasteiger partial charge in [-0.1, -0.05) is 55.5 Å². The first kappa shape index (κ1) is 16.6. The van der Waals surface area contributed by atoms with Crippen LogP contribution in [0.25, 0.3) is 0 Å². The van der Waals surface area contributed by atoms with Crippen LogP contribution in [0.2, 0.25) is 0 Å². The van der Waals surface area contributed by atoms with Gasteiger partial charge < -0.3 is 10.4 Å². The fourth-order valence-electron chi connectivity index (χ4n) is 2.11. The summed E-state index contributed by atoms with van der Waals surface area (Å²) in [6.45, 7) is 5.85. The molecule has 0 saturated carbocycles. The van der Waals surface area contributed by atoms with Gasteiger partial charge in [0.2, 0.25) is 11.0 Å². The molecule has 2 N–H and O–H groups in total. The number of hydrogen-bond acceptors (Lipinski definition) is 5. The van der Waals surface area contributed by atoms with Crippen LogP contribution in [0.1, 0.15) is 37.8 Å². The molecule has 1 amide bonds. The van der Waals surface area contributed by atoms with Crippen molar-refractivity contribution in [3.63, 3.8) is 0 Å². The van der Waals surface area contributed by atoms with Gasteiger partial charge in [0.1, 0.15) is 5.01 Å². The van der Waals surface area contributed by atoms with E-state index < -0.39 is 5.60 Å². The van der Waals surface area contributed by atoms with E-state index in [1.165, 1.54) is 11.3 Å². The number of hydrogen-bond donors (Lipinski definition) is 2. The number of nitrogens with zero attached hydrogens (tertiary/aromatic N) is 2. The second-order valence-corrected chi connectivity index (χ2v) is 7.03. The van der Waals surface area contributed by atoms with Crippen molar-refractivity contribution >= 4 is 22.4 Å². The summed E-state index contributed by atoms with van der Waals surface area (Å²) in [4.78, 5) is 12.1. The van der Waals surface area contributed by atoms with Crippen LogP contribution in [0.4, 0.5) is 5.13 Å². The van der Waals surface area contributed by atoms with Crippen LogP contribution in [0.15, 0.2) is 30.3 Å². The maximum Gasteiger partial charge on any atom is 0.229 e. The summed E-state index contributed by atoms with van der Waals surface area (Å²) in [6, 6.07) is 9.16. The maximum absolute atomic E-state index is 12.1. The smallest absolute Gasteiger partial charge is 0.229 e. The molecular formula is C16H21N3O2S. The van der Waals surface area contributed by atoms with E-state index in [0.29, 0.717) is 16.6 Å². The van der Waals surface area contributed by atoms with Gasteiger partial charge in [-0.05, 0) is 18.4 Å². The summed E-state index contributed by atoms with van der Waals surface area (Å²) in [5, 5.41) is 22.6. The number of aromatic nitrogens is 2. The first-order valence-corrected chi connectivity index (χ1v) is 8.08. The highest BCUT2D eigenvalue weighted by Gasteiger charge is 2.26. The van der Waals surface area contributed by atoms with Crippen molar-refractivity contribution < 1.29 is 9.90 Å². The molecule has 0 aliphatic rings. The normalized spacial score (nSPS) is 13.9. The highest BCUT2D eigenvalue weighted by atomic mass is 32.1. The zero-order valence-corrected chi connectivity index (χ0v) is 13.9. The molecule has 0 radical (unpaired) electrons. The van der Waals surface area contributed by atoms with Crippen molar-refractivity contribution in [2.45, 2.75) is 39.2 Å². The lowest BCUT2D eigenvalue weighted by molar-refractivity contribution is -0.120. The van der Waals surface area contributed by atoms with Crippen molar-refractivity contribution in [3.8, 4) is 0 Å². The maximum atomic E-state index is 12.1. The predicted octanol–water partition coefficient (Wildman–Crippen LogP) is 2.97. The number of carbonyl (C=O) groups excluding carboxylic acids is 1. The SMILES string of the molecule is CC(C)Cc1nnc(NC(=O)CC(C)(O)c2ccccc2)s1. The Hall–Kier alpha value is -1.79. The monoisotopic (exact) mass is 319 g/mol. The number of nitrogens with one attached hydrogen (secondary N) is 1. The molecule has 1 heterocycles. The third kappa shape index (κ3) is 4.61. The Kier molecular flexibility index (Phi) is 5.26. The molecule has 0 fully saturated rings. The van der Waals surface area contributed by atoms with Gasteiger partial charge in [-0.2, -0.15) is 0 Å². The Morgan fingerprint density at radius 1 is 1.32 bits per heavy atom. The van der Waals surface area contributed by atoms with E-state index in [0.717, 1.165) is 11.4 Å². The highest BCUT2D eigenvalue weighted by molar-refractivity contribution is 7.15. The molecular weight excluding hydrogens is 298 g/mol. The van der Waals surface area contributed by atoms with E-state index in [4.69, 9.17) is 0 Å². The van der Waals surface area contributed by atoms with Gasteiger partial charge in [-0.25, -0.2) is 0 Å². The van der Waals surface area contributed by atoms with Gasteiger partial charge in [0.05, 0.1) is 12.0 Å². The van der Waals surface area contributed by atoms with Crippen molar-refractivity contribution in [2.24, 2.45) is 5.92 Å². The second kappa shape index (κ2) is 6.98. The summed E-state index contributed by atoms with van der Waals surface area (Å²) in [5.41, 5.74) is -0.500. The summed E-state index contributed by atoms with van der Waals surface area (Å²) in [6.07, 6.45) is 0.811. The molecule has 0 aliphatic carbocycles. The van der Waals surface area contributed by atoms with Gasteiger partial charge in [-0.15, -0.1) is 10.2 Å². The van der Waals surface area contributed by atoms with Gasteiger partial charge in [-0.3, -0.25) is 4.79 Å².